The number of benzene rings is 1. The molecule has 4 heterocycles. The molecule has 1 atom stereocenters. The lowest BCUT2D eigenvalue weighted by Gasteiger charge is -2.39. The summed E-state index contributed by atoms with van der Waals surface area (Å²) < 4.78 is 50.8. The molecule has 0 spiro atoms. The van der Waals surface area contributed by atoms with E-state index in [2.05, 4.69) is 15.0 Å². The van der Waals surface area contributed by atoms with Gasteiger partial charge in [0.2, 0.25) is 5.43 Å². The Balaban J connectivity index is 1.60. The standard InChI is InChI=1S/C27H24ClF3N4O3/c1-25(2,19-9-17(18-10-32-15-33-11-18)8-16-5-7-38-24(16)19)13-26(37,27(29,30)31)14-35-12-20(28)23(36)22-21(35)4-3-6-34-22/h3-4,6,8-12,15,37H,5,7,13-14H2,1-2H3. The molecule has 198 valence electrons. The first-order valence-corrected chi connectivity index (χ1v) is 12.3. The maximum Gasteiger partial charge on any atom is 0.418 e. The smallest absolute Gasteiger partial charge is 0.418 e. The minimum atomic E-state index is -5.01. The Morgan fingerprint density at radius 3 is 2.61 bits per heavy atom. The fourth-order valence-corrected chi connectivity index (χ4v) is 5.30. The summed E-state index contributed by atoms with van der Waals surface area (Å²) in [6.45, 7) is 2.80. The monoisotopic (exact) mass is 544 g/mol. The third kappa shape index (κ3) is 4.63. The lowest BCUT2D eigenvalue weighted by Crippen LogP contribution is -2.52. The largest absolute Gasteiger partial charge is 0.493 e. The van der Waals surface area contributed by atoms with Gasteiger partial charge in [-0.3, -0.25) is 9.78 Å². The minimum Gasteiger partial charge on any atom is -0.493 e. The molecule has 0 fully saturated rings. The van der Waals surface area contributed by atoms with Crippen LogP contribution in [-0.4, -0.2) is 43.0 Å². The minimum absolute atomic E-state index is 0.0761. The zero-order valence-corrected chi connectivity index (χ0v) is 21.3. The fourth-order valence-electron chi connectivity index (χ4n) is 5.09. The van der Waals surface area contributed by atoms with Crippen LogP contribution in [0.5, 0.6) is 5.75 Å². The van der Waals surface area contributed by atoms with Crippen molar-refractivity contribution in [1.29, 1.82) is 0 Å². The van der Waals surface area contributed by atoms with Crippen molar-refractivity contribution in [3.63, 3.8) is 0 Å². The van der Waals surface area contributed by atoms with Gasteiger partial charge in [-0.2, -0.15) is 13.2 Å². The molecule has 5 rings (SSSR count). The quantitative estimate of drug-likeness (QED) is 0.363. The van der Waals surface area contributed by atoms with E-state index in [0.717, 1.165) is 21.9 Å². The Bertz CT molecular complexity index is 1570. The molecule has 0 amide bonds. The van der Waals surface area contributed by atoms with E-state index in [-0.39, 0.29) is 16.1 Å². The molecular weight excluding hydrogens is 521 g/mol. The molecule has 1 aliphatic rings. The molecule has 0 aliphatic carbocycles. The lowest BCUT2D eigenvalue weighted by atomic mass is 9.73. The second-order valence-corrected chi connectivity index (χ2v) is 10.5. The second-order valence-electron chi connectivity index (χ2n) is 10.1. The van der Waals surface area contributed by atoms with Gasteiger partial charge in [-0.15, -0.1) is 0 Å². The Morgan fingerprint density at radius 2 is 1.89 bits per heavy atom. The molecule has 7 nitrogen and oxygen atoms in total. The van der Waals surface area contributed by atoms with Gasteiger partial charge in [0.1, 0.15) is 22.6 Å². The Labute approximate surface area is 220 Å². The van der Waals surface area contributed by atoms with Gasteiger partial charge in [0.05, 0.1) is 18.7 Å². The zero-order chi connectivity index (χ0) is 27.3. The Morgan fingerprint density at radius 1 is 1.16 bits per heavy atom. The van der Waals surface area contributed by atoms with Crippen molar-refractivity contribution in [1.82, 2.24) is 19.5 Å². The first kappa shape index (κ1) is 26.1. The lowest BCUT2D eigenvalue weighted by molar-refractivity contribution is -0.271. The van der Waals surface area contributed by atoms with Crippen LogP contribution in [0, 0.1) is 0 Å². The number of halogens is 4. The average Bonchev–Trinajstić information content (AvgIpc) is 3.35. The molecule has 0 radical (unpaired) electrons. The second kappa shape index (κ2) is 9.36. The number of hydrogen-bond donors (Lipinski definition) is 1. The van der Waals surface area contributed by atoms with Crippen LogP contribution in [0.4, 0.5) is 13.2 Å². The summed E-state index contributed by atoms with van der Waals surface area (Å²) in [4.78, 5) is 24.5. The number of hydrogen-bond acceptors (Lipinski definition) is 6. The summed E-state index contributed by atoms with van der Waals surface area (Å²) in [5, 5.41) is 11.0. The third-order valence-corrected chi connectivity index (χ3v) is 7.17. The van der Waals surface area contributed by atoms with E-state index in [4.69, 9.17) is 16.3 Å². The Kier molecular flexibility index (Phi) is 6.43. The van der Waals surface area contributed by atoms with Crippen LogP contribution in [0.1, 0.15) is 31.4 Å². The number of aliphatic hydroxyl groups is 1. The maximum absolute atomic E-state index is 14.6. The van der Waals surface area contributed by atoms with E-state index in [0.29, 0.717) is 29.9 Å². The molecule has 1 unspecified atom stereocenters. The van der Waals surface area contributed by atoms with Gasteiger partial charge in [-0.25, -0.2) is 9.97 Å². The number of alkyl halides is 3. The highest BCUT2D eigenvalue weighted by Crippen LogP contribution is 2.47. The Hall–Kier alpha value is -3.50. The summed E-state index contributed by atoms with van der Waals surface area (Å²) >= 11 is 6.04. The maximum atomic E-state index is 14.6. The molecule has 0 bridgehead atoms. The van der Waals surface area contributed by atoms with E-state index in [1.54, 1.807) is 32.3 Å². The van der Waals surface area contributed by atoms with Crippen molar-refractivity contribution in [3.8, 4) is 16.9 Å². The van der Waals surface area contributed by atoms with E-state index in [1.165, 1.54) is 24.7 Å². The van der Waals surface area contributed by atoms with E-state index in [9.17, 15) is 23.1 Å². The molecule has 38 heavy (non-hydrogen) atoms. The van der Waals surface area contributed by atoms with Crippen molar-refractivity contribution in [2.24, 2.45) is 0 Å². The number of aromatic nitrogens is 4. The predicted octanol–water partition coefficient (Wildman–Crippen LogP) is 5.10. The molecule has 1 aromatic carbocycles. The van der Waals surface area contributed by atoms with E-state index < -0.39 is 35.6 Å². The SMILES string of the molecule is CC(C)(CC(O)(Cn1cc(Cl)c(=O)c2ncccc21)C(F)(F)F)c1cc(-c2cncnc2)cc2c1OCC2. The topological polar surface area (TPSA) is 90.1 Å². The molecule has 11 heteroatoms. The number of ether oxygens (including phenoxy) is 1. The molecule has 1 N–H and O–H groups in total. The van der Waals surface area contributed by atoms with Crippen LogP contribution in [0.2, 0.25) is 5.02 Å². The summed E-state index contributed by atoms with van der Waals surface area (Å²) in [6, 6.07) is 6.67. The third-order valence-electron chi connectivity index (χ3n) is 6.90. The molecular formula is C27H24ClF3N4O3. The van der Waals surface area contributed by atoms with Crippen LogP contribution in [0.15, 0.2) is 60.2 Å². The zero-order valence-electron chi connectivity index (χ0n) is 20.6. The van der Waals surface area contributed by atoms with Gasteiger partial charge >= 0.3 is 6.18 Å². The number of rotatable bonds is 6. The van der Waals surface area contributed by atoms with Crippen LogP contribution < -0.4 is 10.2 Å². The van der Waals surface area contributed by atoms with Gasteiger partial charge < -0.3 is 14.4 Å². The fraction of sp³-hybridized carbons (Fsp3) is 0.333. The first-order valence-electron chi connectivity index (χ1n) is 11.9. The highest BCUT2D eigenvalue weighted by Gasteiger charge is 2.56. The average molecular weight is 545 g/mol. The molecule has 0 saturated carbocycles. The van der Waals surface area contributed by atoms with Crippen LogP contribution in [0.3, 0.4) is 0 Å². The van der Waals surface area contributed by atoms with Gasteiger partial charge in [0.25, 0.3) is 0 Å². The van der Waals surface area contributed by atoms with E-state index >= 15 is 0 Å². The number of pyridine rings is 2. The summed E-state index contributed by atoms with van der Waals surface area (Å²) in [7, 11) is 0. The summed E-state index contributed by atoms with van der Waals surface area (Å²) in [5.74, 6) is 0.529. The van der Waals surface area contributed by atoms with Crippen LogP contribution >= 0.6 is 11.6 Å². The first-order chi connectivity index (χ1) is 17.9. The van der Waals surface area contributed by atoms with Crippen molar-refractivity contribution >= 4 is 22.6 Å². The van der Waals surface area contributed by atoms with Crippen molar-refractivity contribution in [2.75, 3.05) is 6.61 Å². The highest BCUT2D eigenvalue weighted by atomic mass is 35.5. The molecule has 1 aliphatic heterocycles. The number of fused-ring (bicyclic) bond motifs is 2. The van der Waals surface area contributed by atoms with Gasteiger partial charge in [-0.1, -0.05) is 25.4 Å². The molecule has 3 aromatic heterocycles. The normalized spacial score (nSPS) is 15.2. The summed E-state index contributed by atoms with van der Waals surface area (Å²) in [6.07, 6.45) is 2.03. The predicted molar refractivity (Wildman–Crippen MR) is 136 cm³/mol. The van der Waals surface area contributed by atoms with E-state index in [1.807, 2.05) is 6.07 Å². The summed E-state index contributed by atoms with van der Waals surface area (Å²) in [5.41, 5.74) is -2.04. The molecule has 0 saturated heterocycles. The van der Waals surface area contributed by atoms with Crippen molar-refractivity contribution < 1.29 is 23.0 Å². The van der Waals surface area contributed by atoms with Crippen LogP contribution in [0.25, 0.3) is 22.2 Å². The molecule has 4 aromatic rings. The van der Waals surface area contributed by atoms with Gasteiger partial charge in [0, 0.05) is 42.3 Å². The van der Waals surface area contributed by atoms with Crippen molar-refractivity contribution in [3.05, 3.63) is 81.8 Å². The number of nitrogens with zero attached hydrogens (tertiary/aromatic N) is 4. The van der Waals surface area contributed by atoms with Crippen LogP contribution in [-0.2, 0) is 18.4 Å². The van der Waals surface area contributed by atoms with Crippen molar-refractivity contribution in [2.45, 2.75) is 50.4 Å². The highest BCUT2D eigenvalue weighted by molar-refractivity contribution is 6.30. The van der Waals surface area contributed by atoms with Gasteiger partial charge in [0.15, 0.2) is 5.60 Å². The van der Waals surface area contributed by atoms with Gasteiger partial charge in [-0.05, 0) is 47.2 Å².